The molecule has 5 heteroatoms. The van der Waals surface area contributed by atoms with Crippen LogP contribution < -0.4 is 5.32 Å². The van der Waals surface area contributed by atoms with E-state index in [4.69, 9.17) is 0 Å². The van der Waals surface area contributed by atoms with Crippen LogP contribution in [-0.2, 0) is 6.42 Å². The molecule has 1 amide bonds. The summed E-state index contributed by atoms with van der Waals surface area (Å²) in [6, 6.07) is 18.1. The second kappa shape index (κ2) is 9.58. The number of carbonyl (C=O) groups excluding carboxylic acids is 1. The highest BCUT2D eigenvalue weighted by atomic mass is 32.1. The number of nitrogens with zero attached hydrogens (tertiary/aromatic N) is 1. The summed E-state index contributed by atoms with van der Waals surface area (Å²) in [7, 11) is 0. The molecule has 0 unspecified atom stereocenters. The second-order valence-corrected chi connectivity index (χ2v) is 8.41. The van der Waals surface area contributed by atoms with Gasteiger partial charge in [0.2, 0.25) is 0 Å². The van der Waals surface area contributed by atoms with E-state index >= 15 is 0 Å². The van der Waals surface area contributed by atoms with Crippen LogP contribution in [-0.4, -0.2) is 22.6 Å². The van der Waals surface area contributed by atoms with Gasteiger partial charge < -0.3 is 5.32 Å². The number of rotatable bonds is 7. The Balaban J connectivity index is 1.57. The predicted molar refractivity (Wildman–Crippen MR) is 131 cm³/mol. The molecule has 0 saturated carbocycles. The number of nitrogens with one attached hydrogen (secondary N) is 2. The summed E-state index contributed by atoms with van der Waals surface area (Å²) >= 11 is 1.71. The zero-order valence-electron chi connectivity index (χ0n) is 17.7. The van der Waals surface area contributed by atoms with Crippen LogP contribution >= 0.6 is 11.3 Å². The van der Waals surface area contributed by atoms with E-state index in [1.165, 1.54) is 4.88 Å². The number of carbonyl (C=O) groups is 1. The molecule has 4 nitrogen and oxygen atoms in total. The second-order valence-electron chi connectivity index (χ2n) is 7.37. The van der Waals surface area contributed by atoms with Crippen LogP contribution in [0.15, 0.2) is 66.1 Å². The standard InChI is InChI=1S/C26H25N3OS/c1-3-7-19-8-4-5-9-20(19)16-18(2)25-23-17-21(11-12-24(23)28-29-25)26(30)27-14-13-22-10-6-15-31-22/h3-12,15-17H,13-14H2,1-2H3,(H,27,30)(H,28,29)/b7-3+,18-16+. The van der Waals surface area contributed by atoms with Crippen LogP contribution in [0.25, 0.3) is 28.6 Å². The highest BCUT2D eigenvalue weighted by molar-refractivity contribution is 7.09. The number of hydrogen-bond acceptors (Lipinski definition) is 3. The molecule has 2 N–H and O–H groups in total. The van der Waals surface area contributed by atoms with Gasteiger partial charge in [0.15, 0.2) is 0 Å². The van der Waals surface area contributed by atoms with Crippen molar-refractivity contribution < 1.29 is 4.79 Å². The molecule has 2 heterocycles. The van der Waals surface area contributed by atoms with Gasteiger partial charge in [-0.1, -0.05) is 42.5 Å². The van der Waals surface area contributed by atoms with Crippen LogP contribution in [0.5, 0.6) is 0 Å². The van der Waals surface area contributed by atoms with Gasteiger partial charge in [0.25, 0.3) is 5.91 Å². The van der Waals surface area contributed by atoms with Crippen LogP contribution in [0.1, 0.15) is 45.9 Å². The molecule has 0 fully saturated rings. The Kier molecular flexibility index (Phi) is 6.43. The molecule has 31 heavy (non-hydrogen) atoms. The van der Waals surface area contributed by atoms with E-state index in [0.29, 0.717) is 12.1 Å². The number of fused-ring (bicyclic) bond motifs is 1. The molecule has 2 aromatic heterocycles. The molecule has 0 radical (unpaired) electrons. The molecular weight excluding hydrogens is 402 g/mol. The summed E-state index contributed by atoms with van der Waals surface area (Å²) in [6.07, 6.45) is 7.12. The largest absolute Gasteiger partial charge is 0.352 e. The SMILES string of the molecule is C/C=C/c1ccccc1/C=C(\C)c1n[nH]c2ccc(C(=O)NCCc3cccs3)cc12. The van der Waals surface area contributed by atoms with Crippen LogP contribution in [0, 0.1) is 0 Å². The molecule has 0 saturated heterocycles. The van der Waals surface area contributed by atoms with Crippen LogP contribution in [0.2, 0.25) is 0 Å². The van der Waals surface area contributed by atoms with Crippen molar-refractivity contribution in [2.45, 2.75) is 20.3 Å². The minimum atomic E-state index is -0.0642. The first-order valence-electron chi connectivity index (χ1n) is 10.3. The van der Waals surface area contributed by atoms with Crippen molar-refractivity contribution in [1.82, 2.24) is 15.5 Å². The number of H-pyrrole nitrogens is 1. The number of allylic oxidation sites excluding steroid dienone is 2. The molecule has 2 aromatic carbocycles. The fourth-order valence-electron chi connectivity index (χ4n) is 3.59. The van der Waals surface area contributed by atoms with E-state index in [2.05, 4.69) is 58.2 Å². The van der Waals surface area contributed by atoms with Crippen molar-refractivity contribution in [3.05, 3.63) is 93.3 Å². The lowest BCUT2D eigenvalue weighted by Crippen LogP contribution is -2.25. The molecule has 4 rings (SSSR count). The minimum Gasteiger partial charge on any atom is -0.352 e. The molecule has 0 bridgehead atoms. The molecular formula is C26H25N3OS. The normalized spacial score (nSPS) is 12.0. The fraction of sp³-hybridized carbons (Fsp3) is 0.154. The average molecular weight is 428 g/mol. The van der Waals surface area contributed by atoms with Gasteiger partial charge >= 0.3 is 0 Å². The third-order valence-corrected chi connectivity index (χ3v) is 6.09. The summed E-state index contributed by atoms with van der Waals surface area (Å²) in [5.74, 6) is -0.0642. The van der Waals surface area contributed by atoms with Crippen molar-refractivity contribution in [3.8, 4) is 0 Å². The number of thiophene rings is 1. The molecule has 0 aliphatic rings. The smallest absolute Gasteiger partial charge is 0.251 e. The highest BCUT2D eigenvalue weighted by Crippen LogP contribution is 2.26. The summed E-state index contributed by atoms with van der Waals surface area (Å²) in [5, 5.41) is 13.6. The van der Waals surface area contributed by atoms with Crippen molar-refractivity contribution in [3.63, 3.8) is 0 Å². The summed E-state index contributed by atoms with van der Waals surface area (Å²) < 4.78 is 0. The maximum Gasteiger partial charge on any atom is 0.251 e. The maximum atomic E-state index is 12.7. The van der Waals surface area contributed by atoms with E-state index in [1.807, 2.05) is 49.4 Å². The van der Waals surface area contributed by atoms with Crippen molar-refractivity contribution in [2.24, 2.45) is 0 Å². The van der Waals surface area contributed by atoms with Gasteiger partial charge in [-0.15, -0.1) is 11.3 Å². The maximum absolute atomic E-state index is 12.7. The first-order valence-corrected chi connectivity index (χ1v) is 11.2. The van der Waals surface area contributed by atoms with E-state index in [9.17, 15) is 4.79 Å². The number of benzene rings is 2. The number of amides is 1. The topological polar surface area (TPSA) is 57.8 Å². The van der Waals surface area contributed by atoms with E-state index in [0.717, 1.165) is 39.7 Å². The third kappa shape index (κ3) is 4.84. The molecule has 0 aliphatic carbocycles. The number of hydrogen-bond donors (Lipinski definition) is 2. The Morgan fingerprint density at radius 2 is 1.97 bits per heavy atom. The molecule has 0 atom stereocenters. The Morgan fingerprint density at radius 1 is 1.13 bits per heavy atom. The molecule has 0 aliphatic heterocycles. The van der Waals surface area contributed by atoms with Crippen LogP contribution in [0.4, 0.5) is 0 Å². The van der Waals surface area contributed by atoms with Gasteiger partial charge in [-0.25, -0.2) is 0 Å². The lowest BCUT2D eigenvalue weighted by atomic mass is 10.0. The summed E-state index contributed by atoms with van der Waals surface area (Å²) in [5.41, 5.74) is 5.76. The molecule has 156 valence electrons. The van der Waals surface area contributed by atoms with Crippen molar-refractivity contribution in [1.29, 1.82) is 0 Å². The van der Waals surface area contributed by atoms with Gasteiger partial charge in [-0.3, -0.25) is 9.89 Å². The van der Waals surface area contributed by atoms with E-state index in [1.54, 1.807) is 11.3 Å². The highest BCUT2D eigenvalue weighted by Gasteiger charge is 2.12. The van der Waals surface area contributed by atoms with Gasteiger partial charge in [-0.2, -0.15) is 5.10 Å². The average Bonchev–Trinajstić information content (AvgIpc) is 3.44. The number of aromatic nitrogens is 2. The Bertz CT molecular complexity index is 1250. The lowest BCUT2D eigenvalue weighted by Gasteiger charge is -2.06. The Labute approximate surface area is 186 Å². The first-order chi connectivity index (χ1) is 15.2. The molecule has 0 spiro atoms. The van der Waals surface area contributed by atoms with Gasteiger partial charge in [-0.05, 0) is 72.7 Å². The van der Waals surface area contributed by atoms with Gasteiger partial charge in [0.05, 0.1) is 11.2 Å². The third-order valence-electron chi connectivity index (χ3n) is 5.15. The van der Waals surface area contributed by atoms with Gasteiger partial charge in [0, 0.05) is 22.4 Å². The number of aromatic amines is 1. The van der Waals surface area contributed by atoms with E-state index < -0.39 is 0 Å². The minimum absolute atomic E-state index is 0.0642. The lowest BCUT2D eigenvalue weighted by molar-refractivity contribution is 0.0954. The molecule has 4 aromatic rings. The zero-order valence-corrected chi connectivity index (χ0v) is 18.5. The fourth-order valence-corrected chi connectivity index (χ4v) is 4.30. The van der Waals surface area contributed by atoms with E-state index in [-0.39, 0.29) is 5.91 Å². The monoisotopic (exact) mass is 427 g/mol. The Morgan fingerprint density at radius 3 is 2.74 bits per heavy atom. The zero-order chi connectivity index (χ0) is 21.6. The quantitative estimate of drug-likeness (QED) is 0.369. The Hall–Kier alpha value is -3.44. The first kappa shape index (κ1) is 20.8. The van der Waals surface area contributed by atoms with Crippen LogP contribution in [0.3, 0.4) is 0 Å². The van der Waals surface area contributed by atoms with Gasteiger partial charge in [0.1, 0.15) is 0 Å². The predicted octanol–water partition coefficient (Wildman–Crippen LogP) is 6.19. The summed E-state index contributed by atoms with van der Waals surface area (Å²) in [6.45, 7) is 4.69. The summed E-state index contributed by atoms with van der Waals surface area (Å²) in [4.78, 5) is 13.9. The van der Waals surface area contributed by atoms with Crippen molar-refractivity contribution in [2.75, 3.05) is 6.54 Å². The van der Waals surface area contributed by atoms with Crippen molar-refractivity contribution >= 4 is 45.9 Å².